The molecule has 5 heteroatoms. The summed E-state index contributed by atoms with van der Waals surface area (Å²) in [5.74, 6) is 1.91. The van der Waals surface area contributed by atoms with E-state index in [4.69, 9.17) is 9.47 Å². The summed E-state index contributed by atoms with van der Waals surface area (Å²) in [6.07, 6.45) is 0. The maximum atomic E-state index is 5.37. The lowest BCUT2D eigenvalue weighted by Gasteiger charge is -2.07. The van der Waals surface area contributed by atoms with Gasteiger partial charge < -0.3 is 9.47 Å². The van der Waals surface area contributed by atoms with Gasteiger partial charge in [-0.05, 0) is 12.1 Å². The van der Waals surface area contributed by atoms with Crippen LogP contribution in [0.25, 0.3) is 10.6 Å². The lowest BCUT2D eigenvalue weighted by atomic mass is 10.2. The Balaban J connectivity index is 2.42. The van der Waals surface area contributed by atoms with Crippen LogP contribution in [0.3, 0.4) is 0 Å². The van der Waals surface area contributed by atoms with Crippen LogP contribution in [-0.2, 0) is 0 Å². The quantitative estimate of drug-likeness (QED) is 0.849. The normalized spacial score (nSPS) is 10.7. The van der Waals surface area contributed by atoms with Crippen LogP contribution in [0.1, 0.15) is 24.8 Å². The molecule has 4 nitrogen and oxygen atoms in total. The van der Waals surface area contributed by atoms with E-state index in [2.05, 4.69) is 24.0 Å². The van der Waals surface area contributed by atoms with Gasteiger partial charge in [-0.25, -0.2) is 0 Å². The first kappa shape index (κ1) is 12.8. The van der Waals surface area contributed by atoms with Gasteiger partial charge in [-0.3, -0.25) is 0 Å². The minimum Gasteiger partial charge on any atom is -0.497 e. The largest absolute Gasteiger partial charge is 0.497 e. The fourth-order valence-electron chi connectivity index (χ4n) is 1.55. The molecule has 2 aromatic rings. The van der Waals surface area contributed by atoms with Crippen molar-refractivity contribution in [2.45, 2.75) is 19.8 Å². The van der Waals surface area contributed by atoms with Crippen LogP contribution >= 0.6 is 11.3 Å². The van der Waals surface area contributed by atoms with Gasteiger partial charge in [0.15, 0.2) is 5.01 Å². The van der Waals surface area contributed by atoms with Gasteiger partial charge >= 0.3 is 0 Å². The second kappa shape index (κ2) is 5.35. The summed E-state index contributed by atoms with van der Waals surface area (Å²) in [4.78, 5) is 0. The number of nitrogens with zero attached hydrogens (tertiary/aromatic N) is 2. The van der Waals surface area contributed by atoms with Crippen LogP contribution in [0.5, 0.6) is 11.5 Å². The third kappa shape index (κ3) is 2.46. The molecule has 0 aliphatic rings. The zero-order valence-corrected chi connectivity index (χ0v) is 11.7. The molecule has 0 amide bonds. The van der Waals surface area contributed by atoms with Gasteiger partial charge in [0.1, 0.15) is 16.5 Å². The molecule has 0 aliphatic carbocycles. The molecule has 1 heterocycles. The molecular formula is C13H16N2O2S. The van der Waals surface area contributed by atoms with Gasteiger partial charge in [-0.1, -0.05) is 25.2 Å². The minimum absolute atomic E-state index is 0.389. The molecule has 1 aromatic heterocycles. The first-order chi connectivity index (χ1) is 8.65. The van der Waals surface area contributed by atoms with Crippen LogP contribution in [0.4, 0.5) is 0 Å². The fourth-order valence-corrected chi connectivity index (χ4v) is 2.43. The molecule has 0 fully saturated rings. The Morgan fingerprint density at radius 3 is 2.44 bits per heavy atom. The van der Waals surface area contributed by atoms with Crippen molar-refractivity contribution in [3.63, 3.8) is 0 Å². The van der Waals surface area contributed by atoms with Crippen molar-refractivity contribution in [1.29, 1.82) is 0 Å². The predicted molar refractivity (Wildman–Crippen MR) is 72.5 cm³/mol. The van der Waals surface area contributed by atoms with E-state index >= 15 is 0 Å². The second-order valence-electron chi connectivity index (χ2n) is 4.17. The molecule has 0 unspecified atom stereocenters. The minimum atomic E-state index is 0.389. The van der Waals surface area contributed by atoms with Crippen molar-refractivity contribution < 1.29 is 9.47 Å². The Bertz CT molecular complexity index is 538. The van der Waals surface area contributed by atoms with Crippen molar-refractivity contribution >= 4 is 11.3 Å². The molecule has 0 atom stereocenters. The van der Waals surface area contributed by atoms with Crippen LogP contribution in [0.2, 0.25) is 0 Å². The molecule has 0 saturated carbocycles. The number of hydrogen-bond donors (Lipinski definition) is 0. The zero-order valence-electron chi connectivity index (χ0n) is 10.9. The summed E-state index contributed by atoms with van der Waals surface area (Å²) in [6, 6.07) is 5.70. The third-order valence-corrected chi connectivity index (χ3v) is 3.83. The smallest absolute Gasteiger partial charge is 0.151 e. The Labute approximate surface area is 111 Å². The Hall–Kier alpha value is -1.62. The summed E-state index contributed by atoms with van der Waals surface area (Å²) >= 11 is 1.59. The molecule has 0 radical (unpaired) electrons. The fraction of sp³-hybridized carbons (Fsp3) is 0.385. The summed E-state index contributed by atoms with van der Waals surface area (Å²) in [5.41, 5.74) is 0.947. The highest BCUT2D eigenvalue weighted by Crippen LogP contribution is 2.35. The van der Waals surface area contributed by atoms with Gasteiger partial charge in [0, 0.05) is 12.0 Å². The summed E-state index contributed by atoms with van der Waals surface area (Å²) in [6.45, 7) is 4.21. The van der Waals surface area contributed by atoms with Crippen molar-refractivity contribution in [1.82, 2.24) is 10.2 Å². The Morgan fingerprint density at radius 1 is 1.11 bits per heavy atom. The Kier molecular flexibility index (Phi) is 3.81. The first-order valence-corrected chi connectivity index (χ1v) is 6.53. The number of benzene rings is 1. The highest BCUT2D eigenvalue weighted by molar-refractivity contribution is 7.14. The number of methoxy groups -OCH3 is 2. The monoisotopic (exact) mass is 264 g/mol. The molecule has 1 aromatic carbocycles. The average Bonchev–Trinajstić information content (AvgIpc) is 2.87. The molecule has 2 rings (SSSR count). The van der Waals surface area contributed by atoms with E-state index in [0.717, 1.165) is 27.1 Å². The standard InChI is InChI=1S/C13H16N2O2S/c1-8(2)12-14-15-13(18-12)10-6-5-9(16-3)7-11(10)17-4/h5-8H,1-4H3. The van der Waals surface area contributed by atoms with Crippen molar-refractivity contribution in [3.8, 4) is 22.1 Å². The van der Waals surface area contributed by atoms with Crippen molar-refractivity contribution in [2.75, 3.05) is 14.2 Å². The van der Waals surface area contributed by atoms with E-state index in [1.807, 2.05) is 18.2 Å². The zero-order chi connectivity index (χ0) is 13.1. The maximum Gasteiger partial charge on any atom is 0.151 e. The Morgan fingerprint density at radius 2 is 1.89 bits per heavy atom. The highest BCUT2D eigenvalue weighted by atomic mass is 32.1. The molecular weight excluding hydrogens is 248 g/mol. The molecule has 0 saturated heterocycles. The first-order valence-electron chi connectivity index (χ1n) is 5.71. The summed E-state index contributed by atoms with van der Waals surface area (Å²) < 4.78 is 10.5. The van der Waals surface area contributed by atoms with E-state index < -0.39 is 0 Å². The van der Waals surface area contributed by atoms with E-state index in [1.165, 1.54) is 0 Å². The topological polar surface area (TPSA) is 44.2 Å². The van der Waals surface area contributed by atoms with Crippen molar-refractivity contribution in [2.24, 2.45) is 0 Å². The number of rotatable bonds is 4. The van der Waals surface area contributed by atoms with Gasteiger partial charge in [0.05, 0.1) is 19.8 Å². The van der Waals surface area contributed by atoms with Crippen molar-refractivity contribution in [3.05, 3.63) is 23.2 Å². The molecule has 0 N–H and O–H groups in total. The maximum absolute atomic E-state index is 5.37. The van der Waals surface area contributed by atoms with E-state index in [0.29, 0.717) is 5.92 Å². The van der Waals surface area contributed by atoms with Gasteiger partial charge in [0.25, 0.3) is 0 Å². The van der Waals surface area contributed by atoms with Gasteiger partial charge in [-0.15, -0.1) is 10.2 Å². The number of ether oxygens (including phenoxy) is 2. The molecule has 96 valence electrons. The number of aromatic nitrogens is 2. The average molecular weight is 264 g/mol. The molecule has 18 heavy (non-hydrogen) atoms. The van der Waals surface area contributed by atoms with Crippen LogP contribution in [0, 0.1) is 0 Å². The van der Waals surface area contributed by atoms with E-state index in [9.17, 15) is 0 Å². The number of hydrogen-bond acceptors (Lipinski definition) is 5. The van der Waals surface area contributed by atoms with Gasteiger partial charge in [0.2, 0.25) is 0 Å². The van der Waals surface area contributed by atoms with Crippen LogP contribution < -0.4 is 9.47 Å². The van der Waals surface area contributed by atoms with E-state index in [1.54, 1.807) is 25.6 Å². The SMILES string of the molecule is COc1ccc(-c2nnc(C(C)C)s2)c(OC)c1. The highest BCUT2D eigenvalue weighted by Gasteiger charge is 2.14. The summed E-state index contributed by atoms with van der Waals surface area (Å²) in [7, 11) is 3.28. The lowest BCUT2D eigenvalue weighted by Crippen LogP contribution is -1.90. The second-order valence-corrected chi connectivity index (χ2v) is 5.18. The lowest BCUT2D eigenvalue weighted by molar-refractivity contribution is 0.395. The summed E-state index contributed by atoms with van der Waals surface area (Å²) in [5, 5.41) is 10.3. The predicted octanol–water partition coefficient (Wildman–Crippen LogP) is 3.35. The van der Waals surface area contributed by atoms with E-state index in [-0.39, 0.29) is 0 Å². The van der Waals surface area contributed by atoms with Gasteiger partial charge in [-0.2, -0.15) is 0 Å². The molecule has 0 aliphatic heterocycles. The van der Waals surface area contributed by atoms with Crippen LogP contribution in [0.15, 0.2) is 18.2 Å². The molecule has 0 spiro atoms. The van der Waals surface area contributed by atoms with Crippen LogP contribution in [-0.4, -0.2) is 24.4 Å². The third-order valence-electron chi connectivity index (χ3n) is 2.57. The molecule has 0 bridgehead atoms.